The lowest BCUT2D eigenvalue weighted by atomic mass is 10.0. The van der Waals surface area contributed by atoms with Crippen LogP contribution in [0.15, 0.2) is 59.2 Å². The molecule has 9 heteroatoms. The van der Waals surface area contributed by atoms with E-state index in [9.17, 15) is 12.8 Å². The van der Waals surface area contributed by atoms with Crippen molar-refractivity contribution >= 4 is 37.3 Å². The van der Waals surface area contributed by atoms with E-state index in [1.807, 2.05) is 6.92 Å². The summed E-state index contributed by atoms with van der Waals surface area (Å²) >= 11 is 1.19. The quantitative estimate of drug-likeness (QED) is 0.524. The molecule has 0 atom stereocenters. The molecular formula is C18H13FN4O2S2. The Labute approximate surface area is 158 Å². The van der Waals surface area contributed by atoms with Gasteiger partial charge in [-0.25, -0.2) is 18.4 Å². The van der Waals surface area contributed by atoms with Gasteiger partial charge in [0, 0.05) is 29.4 Å². The molecule has 4 rings (SSSR count). The van der Waals surface area contributed by atoms with Crippen LogP contribution in [0, 0.1) is 12.9 Å². The Hall–Kier alpha value is -2.91. The van der Waals surface area contributed by atoms with Crippen LogP contribution in [-0.4, -0.2) is 23.4 Å². The van der Waals surface area contributed by atoms with Crippen LogP contribution in [0.3, 0.4) is 0 Å². The zero-order valence-electron chi connectivity index (χ0n) is 14.0. The summed E-state index contributed by atoms with van der Waals surface area (Å²) in [4.78, 5) is 12.0. The van der Waals surface area contributed by atoms with Crippen molar-refractivity contribution in [1.82, 2.24) is 15.0 Å². The maximum absolute atomic E-state index is 14.2. The molecule has 3 heterocycles. The molecule has 0 spiro atoms. The maximum Gasteiger partial charge on any atom is 0.263 e. The molecule has 136 valence electrons. The first-order valence-corrected chi connectivity index (χ1v) is 10.2. The number of nitrogens with zero attached hydrogens (tertiary/aromatic N) is 3. The van der Waals surface area contributed by atoms with Crippen LogP contribution in [0.1, 0.15) is 5.56 Å². The lowest BCUT2D eigenvalue weighted by molar-refractivity contribution is 0.586. The minimum Gasteiger partial charge on any atom is -0.255 e. The first-order valence-electron chi connectivity index (χ1n) is 7.88. The van der Waals surface area contributed by atoms with E-state index < -0.39 is 16.0 Å². The molecule has 0 saturated carbocycles. The van der Waals surface area contributed by atoms with Gasteiger partial charge in [0.15, 0.2) is 5.13 Å². The molecule has 0 radical (unpaired) electrons. The molecule has 0 bridgehead atoms. The topological polar surface area (TPSA) is 84.8 Å². The molecule has 0 unspecified atom stereocenters. The normalized spacial score (nSPS) is 11.6. The van der Waals surface area contributed by atoms with Gasteiger partial charge in [-0.1, -0.05) is 6.07 Å². The van der Waals surface area contributed by atoms with Gasteiger partial charge in [0.05, 0.1) is 16.2 Å². The number of anilines is 1. The molecule has 1 N–H and O–H groups in total. The third kappa shape index (κ3) is 3.38. The molecule has 0 aliphatic heterocycles. The van der Waals surface area contributed by atoms with Crippen LogP contribution in [0.4, 0.5) is 9.52 Å². The molecule has 0 fully saturated rings. The van der Waals surface area contributed by atoms with Crippen LogP contribution < -0.4 is 4.72 Å². The van der Waals surface area contributed by atoms with E-state index in [4.69, 9.17) is 0 Å². The van der Waals surface area contributed by atoms with Crippen LogP contribution in [0.2, 0.25) is 0 Å². The van der Waals surface area contributed by atoms with Crippen molar-refractivity contribution in [2.75, 3.05) is 4.72 Å². The lowest BCUT2D eigenvalue weighted by Crippen LogP contribution is -2.12. The number of aromatic nitrogens is 3. The Balaban J connectivity index is 1.82. The Bertz CT molecular complexity index is 1240. The zero-order valence-corrected chi connectivity index (χ0v) is 15.7. The van der Waals surface area contributed by atoms with Gasteiger partial charge in [0.2, 0.25) is 5.95 Å². The molecule has 0 aliphatic carbocycles. The van der Waals surface area contributed by atoms with E-state index in [2.05, 4.69) is 19.7 Å². The molecule has 6 nitrogen and oxygen atoms in total. The van der Waals surface area contributed by atoms with Gasteiger partial charge in [-0.3, -0.25) is 9.71 Å². The van der Waals surface area contributed by atoms with E-state index in [1.165, 1.54) is 42.1 Å². The molecular weight excluding hydrogens is 387 g/mol. The van der Waals surface area contributed by atoms with Gasteiger partial charge < -0.3 is 0 Å². The van der Waals surface area contributed by atoms with E-state index in [0.29, 0.717) is 21.6 Å². The standard InChI is InChI=1S/C18H13FN4O2S2/c1-11-8-15(17(19)22-10-11)16-14-3-2-13(9-12(14)4-5-20-16)27(24,25)23-18-21-6-7-26-18/h2-10H,1H3,(H,21,23). The number of fused-ring (bicyclic) bond motifs is 1. The number of rotatable bonds is 4. The number of halogens is 1. The predicted molar refractivity (Wildman–Crippen MR) is 103 cm³/mol. The second-order valence-electron chi connectivity index (χ2n) is 5.84. The largest absolute Gasteiger partial charge is 0.263 e. The van der Waals surface area contributed by atoms with Crippen molar-refractivity contribution in [1.29, 1.82) is 0 Å². The van der Waals surface area contributed by atoms with Crippen molar-refractivity contribution in [3.8, 4) is 11.3 Å². The summed E-state index contributed by atoms with van der Waals surface area (Å²) in [5, 5.41) is 3.24. The Kier molecular flexibility index (Phi) is 4.33. The van der Waals surface area contributed by atoms with E-state index >= 15 is 0 Å². The van der Waals surface area contributed by atoms with E-state index in [0.717, 1.165) is 5.56 Å². The number of hydrogen-bond acceptors (Lipinski definition) is 6. The van der Waals surface area contributed by atoms with Gasteiger partial charge in [-0.2, -0.15) is 4.39 Å². The molecule has 0 aliphatic rings. The first-order chi connectivity index (χ1) is 12.9. The SMILES string of the molecule is Cc1cnc(F)c(-c2nccc3cc(S(=O)(=O)Nc4nccs4)ccc23)c1. The fraction of sp³-hybridized carbons (Fsp3) is 0.0556. The average Bonchev–Trinajstić information content (AvgIpc) is 3.15. The molecule has 27 heavy (non-hydrogen) atoms. The third-order valence-corrected chi connectivity index (χ3v) is 6.09. The minimum absolute atomic E-state index is 0.0881. The third-order valence-electron chi connectivity index (χ3n) is 3.93. The van der Waals surface area contributed by atoms with Crippen LogP contribution in [0.5, 0.6) is 0 Å². The zero-order chi connectivity index (χ0) is 19.0. The monoisotopic (exact) mass is 400 g/mol. The van der Waals surface area contributed by atoms with Crippen LogP contribution in [0.25, 0.3) is 22.0 Å². The summed E-state index contributed by atoms with van der Waals surface area (Å²) in [5.41, 5.74) is 1.49. The van der Waals surface area contributed by atoms with Crippen molar-refractivity contribution in [3.05, 3.63) is 65.8 Å². The van der Waals surface area contributed by atoms with Crippen molar-refractivity contribution in [2.24, 2.45) is 0 Å². The molecule has 0 amide bonds. The van der Waals surface area contributed by atoms with Gasteiger partial charge in [-0.15, -0.1) is 11.3 Å². The molecule has 3 aromatic heterocycles. The van der Waals surface area contributed by atoms with Gasteiger partial charge in [-0.05, 0) is 42.1 Å². The summed E-state index contributed by atoms with van der Waals surface area (Å²) in [6.07, 6.45) is 4.48. The molecule has 0 saturated heterocycles. The summed E-state index contributed by atoms with van der Waals surface area (Å²) in [5.74, 6) is -0.622. The number of benzene rings is 1. The van der Waals surface area contributed by atoms with Crippen molar-refractivity contribution in [2.45, 2.75) is 11.8 Å². The van der Waals surface area contributed by atoms with Gasteiger partial charge in [0.1, 0.15) is 0 Å². The predicted octanol–water partition coefficient (Wildman–Crippen LogP) is 4.00. The number of sulfonamides is 1. The Morgan fingerprint density at radius 1 is 1.07 bits per heavy atom. The number of hydrogen-bond donors (Lipinski definition) is 1. The number of thiazole rings is 1. The Morgan fingerprint density at radius 3 is 2.70 bits per heavy atom. The smallest absolute Gasteiger partial charge is 0.255 e. The highest BCUT2D eigenvalue weighted by Gasteiger charge is 2.18. The fourth-order valence-electron chi connectivity index (χ4n) is 2.70. The summed E-state index contributed by atoms with van der Waals surface area (Å²) < 4.78 is 41.8. The highest BCUT2D eigenvalue weighted by atomic mass is 32.2. The van der Waals surface area contributed by atoms with E-state index in [1.54, 1.807) is 23.6 Å². The highest BCUT2D eigenvalue weighted by Crippen LogP contribution is 2.30. The number of aryl methyl sites for hydroxylation is 1. The lowest BCUT2D eigenvalue weighted by Gasteiger charge is -2.10. The van der Waals surface area contributed by atoms with Crippen molar-refractivity contribution in [3.63, 3.8) is 0 Å². The fourth-order valence-corrected chi connectivity index (χ4v) is 4.53. The molecule has 4 aromatic rings. The first kappa shape index (κ1) is 17.5. The van der Waals surface area contributed by atoms with Gasteiger partial charge >= 0.3 is 0 Å². The second-order valence-corrected chi connectivity index (χ2v) is 8.41. The summed E-state index contributed by atoms with van der Waals surface area (Å²) in [7, 11) is -3.78. The maximum atomic E-state index is 14.2. The van der Waals surface area contributed by atoms with E-state index in [-0.39, 0.29) is 10.5 Å². The van der Waals surface area contributed by atoms with Crippen LogP contribution in [-0.2, 0) is 10.0 Å². The summed E-state index contributed by atoms with van der Waals surface area (Å²) in [6.45, 7) is 1.82. The number of pyridine rings is 2. The minimum atomic E-state index is -3.78. The number of nitrogens with one attached hydrogen (secondary N) is 1. The van der Waals surface area contributed by atoms with Crippen molar-refractivity contribution < 1.29 is 12.8 Å². The highest BCUT2D eigenvalue weighted by molar-refractivity contribution is 7.93. The Morgan fingerprint density at radius 2 is 1.93 bits per heavy atom. The second kappa shape index (κ2) is 6.67. The average molecular weight is 400 g/mol. The summed E-state index contributed by atoms with van der Waals surface area (Å²) in [6, 6.07) is 7.96. The van der Waals surface area contributed by atoms with Gasteiger partial charge in [0.25, 0.3) is 10.0 Å². The van der Waals surface area contributed by atoms with Crippen LogP contribution >= 0.6 is 11.3 Å². The molecule has 1 aromatic carbocycles.